The van der Waals surface area contributed by atoms with E-state index in [0.29, 0.717) is 23.6 Å². The SMILES string of the molecule is Oc1c(C2(C(F)(F)F)NCCCN2)cc2ccccc2c1-c1c(O)c(C2(C(F)(F)F)NCCCN2)cc2ccccc12. The van der Waals surface area contributed by atoms with Gasteiger partial charge in [-0.3, -0.25) is 21.3 Å². The van der Waals surface area contributed by atoms with Crippen LogP contribution >= 0.6 is 0 Å². The van der Waals surface area contributed by atoms with Crippen molar-refractivity contribution in [2.24, 2.45) is 0 Å². The predicted octanol–water partition coefficient (Wildman–Crippen LogP) is 5.67. The molecular formula is C30H28F6N4O2. The Morgan fingerprint density at radius 1 is 0.548 bits per heavy atom. The molecule has 0 radical (unpaired) electrons. The van der Waals surface area contributed by atoms with Gasteiger partial charge in [0.05, 0.1) is 0 Å². The summed E-state index contributed by atoms with van der Waals surface area (Å²) in [6.45, 7) is 0.0128. The molecule has 4 aromatic carbocycles. The molecule has 2 aliphatic rings. The van der Waals surface area contributed by atoms with Crippen molar-refractivity contribution >= 4 is 21.5 Å². The standard InChI is InChI=1S/C30H28F6N4O2/c31-29(32,33)27(37-11-5-12-38-27)21-15-17-7-1-3-9-19(17)23(25(21)41)24-20-10-4-2-8-18(20)16-22(26(24)42)28(30(34,35)36)39-13-6-14-40-28/h1-4,7-10,15-16,37-42H,5-6,11-14H2. The first-order valence-corrected chi connectivity index (χ1v) is 13.6. The van der Waals surface area contributed by atoms with Crippen molar-refractivity contribution in [2.75, 3.05) is 26.2 Å². The van der Waals surface area contributed by atoms with Crippen molar-refractivity contribution in [1.29, 1.82) is 0 Å². The average Bonchev–Trinajstić information content (AvgIpc) is 2.97. The minimum absolute atomic E-state index is 0.00319. The average molecular weight is 591 g/mol. The first-order valence-electron chi connectivity index (χ1n) is 13.6. The molecule has 12 heteroatoms. The second-order valence-electron chi connectivity index (χ2n) is 10.6. The van der Waals surface area contributed by atoms with Gasteiger partial charge < -0.3 is 10.2 Å². The summed E-state index contributed by atoms with van der Waals surface area (Å²) in [5.41, 5.74) is -7.17. The van der Waals surface area contributed by atoms with E-state index in [1.165, 1.54) is 12.1 Å². The lowest BCUT2D eigenvalue weighted by molar-refractivity contribution is -0.216. The molecule has 4 aromatic rings. The van der Waals surface area contributed by atoms with E-state index in [0.717, 1.165) is 0 Å². The fourth-order valence-electron chi connectivity index (χ4n) is 6.24. The highest BCUT2D eigenvalue weighted by atomic mass is 19.4. The van der Waals surface area contributed by atoms with Gasteiger partial charge in [-0.2, -0.15) is 26.3 Å². The Balaban J connectivity index is 1.75. The lowest BCUT2D eigenvalue weighted by Crippen LogP contribution is -2.66. The van der Waals surface area contributed by atoms with Crippen LogP contribution in [0.5, 0.6) is 11.5 Å². The van der Waals surface area contributed by atoms with Crippen LogP contribution in [0, 0.1) is 0 Å². The predicted molar refractivity (Wildman–Crippen MR) is 147 cm³/mol. The molecule has 6 N–H and O–H groups in total. The quantitative estimate of drug-likeness (QED) is 0.173. The van der Waals surface area contributed by atoms with Gasteiger partial charge in [0.2, 0.25) is 0 Å². The maximum absolute atomic E-state index is 14.8. The number of hydrogen-bond acceptors (Lipinski definition) is 6. The summed E-state index contributed by atoms with van der Waals surface area (Å²) in [5, 5.41) is 34.6. The lowest BCUT2D eigenvalue weighted by atomic mass is 9.83. The second kappa shape index (κ2) is 10.0. The summed E-state index contributed by atoms with van der Waals surface area (Å²) in [4.78, 5) is 0. The normalized spacial score (nSPS) is 19.3. The third-order valence-corrected chi connectivity index (χ3v) is 8.22. The van der Waals surface area contributed by atoms with Crippen molar-refractivity contribution in [2.45, 2.75) is 36.5 Å². The van der Waals surface area contributed by atoms with Crippen LogP contribution in [0.4, 0.5) is 26.3 Å². The summed E-state index contributed by atoms with van der Waals surface area (Å²) in [5.74, 6) is -1.62. The van der Waals surface area contributed by atoms with Crippen LogP contribution in [0.2, 0.25) is 0 Å². The summed E-state index contributed by atoms with van der Waals surface area (Å²) in [6, 6.07) is 15.1. The smallest absolute Gasteiger partial charge is 0.424 e. The fourth-order valence-corrected chi connectivity index (χ4v) is 6.24. The van der Waals surface area contributed by atoms with Crippen LogP contribution in [0.25, 0.3) is 32.7 Å². The summed E-state index contributed by atoms with van der Waals surface area (Å²) in [7, 11) is 0. The first-order chi connectivity index (χ1) is 19.9. The maximum Gasteiger partial charge on any atom is 0.424 e. The number of fused-ring (bicyclic) bond motifs is 2. The molecule has 0 atom stereocenters. The molecule has 42 heavy (non-hydrogen) atoms. The Kier molecular flexibility index (Phi) is 6.80. The number of hydrogen-bond donors (Lipinski definition) is 6. The van der Waals surface area contributed by atoms with E-state index in [2.05, 4.69) is 21.3 Å². The third-order valence-electron chi connectivity index (χ3n) is 8.22. The van der Waals surface area contributed by atoms with Gasteiger partial charge in [0.1, 0.15) is 11.5 Å². The minimum atomic E-state index is -4.91. The Hall–Kier alpha value is -3.58. The van der Waals surface area contributed by atoms with Gasteiger partial charge in [-0.25, -0.2) is 0 Å². The van der Waals surface area contributed by atoms with Gasteiger partial charge in [-0.15, -0.1) is 0 Å². The molecular weight excluding hydrogens is 562 g/mol. The molecule has 0 bridgehead atoms. The lowest BCUT2D eigenvalue weighted by Gasteiger charge is -2.42. The van der Waals surface area contributed by atoms with E-state index in [9.17, 15) is 36.6 Å². The molecule has 222 valence electrons. The van der Waals surface area contributed by atoms with Crippen LogP contribution < -0.4 is 21.3 Å². The van der Waals surface area contributed by atoms with E-state index in [1.807, 2.05) is 0 Å². The summed E-state index contributed by atoms with van der Waals surface area (Å²) >= 11 is 0. The fraction of sp³-hybridized carbons (Fsp3) is 0.333. The Bertz CT molecular complexity index is 1530. The monoisotopic (exact) mass is 590 g/mol. The van der Waals surface area contributed by atoms with Crippen molar-refractivity contribution in [1.82, 2.24) is 21.3 Å². The van der Waals surface area contributed by atoms with E-state index in [-0.39, 0.29) is 48.1 Å². The van der Waals surface area contributed by atoms with Crippen LogP contribution in [0.3, 0.4) is 0 Å². The number of benzene rings is 4. The maximum atomic E-state index is 14.8. The molecule has 2 heterocycles. The summed E-state index contributed by atoms with van der Waals surface area (Å²) in [6.07, 6.45) is -9.00. The van der Waals surface area contributed by atoms with E-state index >= 15 is 0 Å². The van der Waals surface area contributed by atoms with Crippen LogP contribution in [0.1, 0.15) is 24.0 Å². The highest BCUT2D eigenvalue weighted by Crippen LogP contribution is 2.53. The molecule has 0 saturated carbocycles. The zero-order chi connectivity index (χ0) is 29.9. The number of rotatable bonds is 3. The van der Waals surface area contributed by atoms with Gasteiger partial charge in [0.15, 0.2) is 11.3 Å². The molecule has 6 nitrogen and oxygen atoms in total. The van der Waals surface area contributed by atoms with Crippen molar-refractivity contribution in [3.8, 4) is 22.6 Å². The van der Waals surface area contributed by atoms with Gasteiger partial charge >= 0.3 is 12.4 Å². The Morgan fingerprint density at radius 3 is 1.21 bits per heavy atom. The number of halogens is 6. The largest absolute Gasteiger partial charge is 0.507 e. The number of phenolic OH excluding ortho intramolecular Hbond substituents is 2. The minimum Gasteiger partial charge on any atom is -0.507 e. The Labute approximate surface area is 236 Å². The van der Waals surface area contributed by atoms with Crippen LogP contribution in [0.15, 0.2) is 60.7 Å². The van der Waals surface area contributed by atoms with Crippen LogP contribution in [-0.2, 0) is 11.3 Å². The number of alkyl halides is 6. The molecule has 2 aliphatic heterocycles. The molecule has 0 unspecified atom stereocenters. The van der Waals surface area contributed by atoms with Gasteiger partial charge in [-0.1, -0.05) is 48.5 Å². The number of phenols is 2. The van der Waals surface area contributed by atoms with E-state index < -0.39 is 46.3 Å². The first kappa shape index (κ1) is 28.5. The molecule has 6 rings (SSSR count). The molecule has 0 aromatic heterocycles. The van der Waals surface area contributed by atoms with Gasteiger partial charge in [-0.05, 0) is 72.7 Å². The van der Waals surface area contributed by atoms with Gasteiger partial charge in [0.25, 0.3) is 0 Å². The molecule has 0 amide bonds. The van der Waals surface area contributed by atoms with Crippen molar-refractivity contribution in [3.05, 3.63) is 71.8 Å². The van der Waals surface area contributed by atoms with E-state index in [4.69, 9.17) is 0 Å². The zero-order valence-electron chi connectivity index (χ0n) is 22.2. The molecule has 2 saturated heterocycles. The van der Waals surface area contributed by atoms with Crippen molar-refractivity contribution < 1.29 is 36.6 Å². The van der Waals surface area contributed by atoms with E-state index in [1.54, 1.807) is 48.5 Å². The second-order valence-corrected chi connectivity index (χ2v) is 10.6. The third kappa shape index (κ3) is 4.19. The van der Waals surface area contributed by atoms with Gasteiger partial charge in [0, 0.05) is 22.3 Å². The summed E-state index contributed by atoms with van der Waals surface area (Å²) < 4.78 is 88.7. The number of aromatic hydroxyl groups is 2. The highest BCUT2D eigenvalue weighted by molar-refractivity contribution is 6.10. The Morgan fingerprint density at radius 2 is 0.881 bits per heavy atom. The van der Waals surface area contributed by atoms with Crippen molar-refractivity contribution in [3.63, 3.8) is 0 Å². The zero-order valence-corrected chi connectivity index (χ0v) is 22.2. The molecule has 2 fully saturated rings. The number of nitrogens with one attached hydrogen (secondary N) is 4. The molecule has 0 spiro atoms. The van der Waals surface area contributed by atoms with Crippen LogP contribution in [-0.4, -0.2) is 48.7 Å². The highest BCUT2D eigenvalue weighted by Gasteiger charge is 2.59. The topological polar surface area (TPSA) is 88.6 Å². The molecule has 0 aliphatic carbocycles.